The van der Waals surface area contributed by atoms with Crippen molar-refractivity contribution < 1.29 is 9.53 Å². The summed E-state index contributed by atoms with van der Waals surface area (Å²) in [5.74, 6) is 1.68. The maximum atomic E-state index is 11.9. The van der Waals surface area contributed by atoms with Crippen LogP contribution < -0.4 is 15.8 Å². The second-order valence-corrected chi connectivity index (χ2v) is 9.12. The number of aryl methyl sites for hydroxylation is 2. The van der Waals surface area contributed by atoms with Crippen LogP contribution in [0, 0.1) is 6.92 Å². The molecule has 0 radical (unpaired) electrons. The van der Waals surface area contributed by atoms with Crippen molar-refractivity contribution in [3.05, 3.63) is 70.2 Å². The van der Waals surface area contributed by atoms with Crippen molar-refractivity contribution in [1.29, 1.82) is 0 Å². The molecule has 4 aromatic rings. The third kappa shape index (κ3) is 3.80. The third-order valence-electron chi connectivity index (χ3n) is 5.67. The molecule has 2 aromatic heterocycles. The van der Waals surface area contributed by atoms with Crippen molar-refractivity contribution in [3.8, 4) is 17.1 Å². The normalized spacial score (nSPS) is 13.3. The van der Waals surface area contributed by atoms with Crippen molar-refractivity contribution in [1.82, 2.24) is 9.97 Å². The monoisotopic (exact) mass is 444 g/mol. The molecule has 1 amide bonds. The number of hydrogen-bond donors (Lipinski definition) is 2. The first kappa shape index (κ1) is 20.5. The van der Waals surface area contributed by atoms with Gasteiger partial charge in [-0.25, -0.2) is 9.97 Å². The Morgan fingerprint density at radius 1 is 1.12 bits per heavy atom. The quantitative estimate of drug-likeness (QED) is 0.447. The molecular formula is C25H24N4O2S. The molecule has 0 saturated carbocycles. The summed E-state index contributed by atoms with van der Waals surface area (Å²) in [6, 6.07) is 15.8. The number of primary amides is 1. The fraction of sp³-hybridized carbons (Fsp3) is 0.240. The SMILES string of the molecule is Cc1sc2c(C(N)=O)cccc2c1-c1nc2c(c(NCc3ccccc3)n1)OCCCC2. The molecule has 0 aliphatic carbocycles. The number of benzene rings is 2. The van der Waals surface area contributed by atoms with Gasteiger partial charge in [-0.2, -0.15) is 0 Å². The maximum Gasteiger partial charge on any atom is 0.250 e. The van der Waals surface area contributed by atoms with Crippen LogP contribution >= 0.6 is 11.3 Å². The third-order valence-corrected chi connectivity index (χ3v) is 6.83. The fourth-order valence-electron chi connectivity index (χ4n) is 4.11. The summed E-state index contributed by atoms with van der Waals surface area (Å²) >= 11 is 1.55. The molecule has 7 heteroatoms. The molecule has 1 aliphatic heterocycles. The lowest BCUT2D eigenvalue weighted by Crippen LogP contribution is -2.10. The van der Waals surface area contributed by atoms with Crippen molar-refractivity contribution in [3.63, 3.8) is 0 Å². The largest absolute Gasteiger partial charge is 0.488 e. The molecule has 0 saturated heterocycles. The first-order valence-electron chi connectivity index (χ1n) is 10.8. The smallest absolute Gasteiger partial charge is 0.250 e. The van der Waals surface area contributed by atoms with Gasteiger partial charge in [-0.1, -0.05) is 42.5 Å². The van der Waals surface area contributed by atoms with Gasteiger partial charge in [0.25, 0.3) is 0 Å². The summed E-state index contributed by atoms with van der Waals surface area (Å²) in [6.45, 7) is 3.34. The average molecular weight is 445 g/mol. The van der Waals surface area contributed by atoms with Gasteiger partial charge in [0.05, 0.1) is 17.9 Å². The Balaban J connectivity index is 1.63. The van der Waals surface area contributed by atoms with E-state index >= 15 is 0 Å². The van der Waals surface area contributed by atoms with Gasteiger partial charge < -0.3 is 15.8 Å². The number of nitrogens with one attached hydrogen (secondary N) is 1. The van der Waals surface area contributed by atoms with Crippen molar-refractivity contribution in [2.45, 2.75) is 32.7 Å². The molecule has 2 aromatic carbocycles. The Hall–Kier alpha value is -3.45. The first-order valence-corrected chi connectivity index (χ1v) is 11.6. The van der Waals surface area contributed by atoms with Crippen LogP contribution in [-0.4, -0.2) is 22.5 Å². The zero-order valence-corrected chi connectivity index (χ0v) is 18.7. The number of fused-ring (bicyclic) bond motifs is 2. The van der Waals surface area contributed by atoms with E-state index in [-0.39, 0.29) is 0 Å². The summed E-state index contributed by atoms with van der Waals surface area (Å²) < 4.78 is 6.94. The summed E-state index contributed by atoms with van der Waals surface area (Å²) in [7, 11) is 0. The van der Waals surface area contributed by atoms with Gasteiger partial charge in [-0.05, 0) is 37.8 Å². The predicted octanol–water partition coefficient (Wildman–Crippen LogP) is 5.09. The van der Waals surface area contributed by atoms with Crippen molar-refractivity contribution >= 4 is 33.1 Å². The maximum absolute atomic E-state index is 11.9. The van der Waals surface area contributed by atoms with Crippen LogP contribution in [0.15, 0.2) is 48.5 Å². The standard InChI is InChI=1S/C25H24N4O2S/c1-15-20(17-10-7-11-18(23(26)30)22(17)32-15)24-28-19-12-5-6-13-31-21(19)25(29-24)27-14-16-8-3-2-4-9-16/h2-4,7-11H,5-6,12-14H2,1H3,(H2,26,30)(H,27,28,29). The highest BCUT2D eigenvalue weighted by Crippen LogP contribution is 2.41. The van der Waals surface area contributed by atoms with Gasteiger partial charge in [0.2, 0.25) is 5.91 Å². The number of nitrogens with two attached hydrogens (primary N) is 1. The van der Waals surface area contributed by atoms with Crippen LogP contribution in [0.2, 0.25) is 0 Å². The van der Waals surface area contributed by atoms with Gasteiger partial charge in [-0.3, -0.25) is 4.79 Å². The number of carbonyl (C=O) groups is 1. The van der Waals surface area contributed by atoms with E-state index in [0.29, 0.717) is 30.4 Å². The summed E-state index contributed by atoms with van der Waals surface area (Å²) in [4.78, 5) is 22.8. The number of hydrogen-bond acceptors (Lipinski definition) is 6. The number of rotatable bonds is 5. The van der Waals surface area contributed by atoms with E-state index in [2.05, 4.69) is 17.4 Å². The van der Waals surface area contributed by atoms with Gasteiger partial charge in [-0.15, -0.1) is 11.3 Å². The Kier molecular flexibility index (Phi) is 5.49. The summed E-state index contributed by atoms with van der Waals surface area (Å²) in [6.07, 6.45) is 2.86. The van der Waals surface area contributed by atoms with Crippen molar-refractivity contribution in [2.75, 3.05) is 11.9 Å². The van der Waals surface area contributed by atoms with E-state index in [1.807, 2.05) is 37.3 Å². The van der Waals surface area contributed by atoms with Gasteiger partial charge >= 0.3 is 0 Å². The predicted molar refractivity (Wildman–Crippen MR) is 128 cm³/mol. The molecule has 0 spiro atoms. The topological polar surface area (TPSA) is 90.1 Å². The average Bonchev–Trinajstić information content (AvgIpc) is 2.96. The summed E-state index contributed by atoms with van der Waals surface area (Å²) in [5.41, 5.74) is 9.18. The van der Waals surface area contributed by atoms with E-state index in [4.69, 9.17) is 20.4 Å². The Labute approximate surface area is 190 Å². The lowest BCUT2D eigenvalue weighted by Gasteiger charge is -2.15. The van der Waals surface area contributed by atoms with Gasteiger partial charge in [0.1, 0.15) is 0 Å². The molecule has 1 aliphatic rings. The number of anilines is 1. The molecule has 3 N–H and O–H groups in total. The highest BCUT2D eigenvalue weighted by atomic mass is 32.1. The van der Waals surface area contributed by atoms with Crippen LogP contribution in [0.4, 0.5) is 5.82 Å². The molecular weight excluding hydrogens is 420 g/mol. The molecule has 0 atom stereocenters. The first-order chi connectivity index (χ1) is 15.6. The van der Waals surface area contributed by atoms with Gasteiger partial charge in [0, 0.05) is 27.1 Å². The second kappa shape index (κ2) is 8.59. The van der Waals surface area contributed by atoms with Crippen LogP contribution in [-0.2, 0) is 13.0 Å². The van der Waals surface area contributed by atoms with Crippen LogP contribution in [0.25, 0.3) is 21.5 Å². The fourth-order valence-corrected chi connectivity index (χ4v) is 5.28. The second-order valence-electron chi connectivity index (χ2n) is 7.90. The van der Waals surface area contributed by atoms with E-state index in [9.17, 15) is 4.79 Å². The molecule has 3 heterocycles. The Morgan fingerprint density at radius 2 is 1.97 bits per heavy atom. The minimum atomic E-state index is -0.426. The minimum absolute atomic E-state index is 0.426. The number of carbonyl (C=O) groups excluding carboxylic acids is 1. The molecule has 162 valence electrons. The zero-order chi connectivity index (χ0) is 22.1. The van der Waals surface area contributed by atoms with E-state index in [1.165, 1.54) is 5.56 Å². The number of amides is 1. The molecule has 6 nitrogen and oxygen atoms in total. The number of aromatic nitrogens is 2. The highest BCUT2D eigenvalue weighted by Gasteiger charge is 2.23. The molecule has 0 fully saturated rings. The van der Waals surface area contributed by atoms with Gasteiger partial charge in [0.15, 0.2) is 17.4 Å². The Bertz CT molecular complexity index is 1300. The molecule has 0 unspecified atom stereocenters. The molecule has 5 rings (SSSR count). The Morgan fingerprint density at radius 3 is 2.78 bits per heavy atom. The minimum Gasteiger partial charge on any atom is -0.488 e. The van der Waals surface area contributed by atoms with Crippen molar-refractivity contribution in [2.24, 2.45) is 5.73 Å². The zero-order valence-electron chi connectivity index (χ0n) is 17.9. The number of thiophene rings is 1. The lowest BCUT2D eigenvalue weighted by atomic mass is 10.1. The van der Waals surface area contributed by atoms with E-state index in [1.54, 1.807) is 17.4 Å². The highest BCUT2D eigenvalue weighted by molar-refractivity contribution is 7.20. The number of ether oxygens (including phenoxy) is 1. The lowest BCUT2D eigenvalue weighted by molar-refractivity contribution is 0.100. The van der Waals surface area contributed by atoms with Crippen LogP contribution in [0.5, 0.6) is 5.75 Å². The summed E-state index contributed by atoms with van der Waals surface area (Å²) in [5, 5.41) is 4.42. The van der Waals surface area contributed by atoms with Crippen LogP contribution in [0.3, 0.4) is 0 Å². The molecule has 32 heavy (non-hydrogen) atoms. The van der Waals surface area contributed by atoms with E-state index < -0.39 is 5.91 Å². The van der Waals surface area contributed by atoms with E-state index in [0.717, 1.165) is 51.2 Å². The van der Waals surface area contributed by atoms with Crippen LogP contribution in [0.1, 0.15) is 39.3 Å². The number of nitrogens with zero attached hydrogens (tertiary/aromatic N) is 2. The molecule has 0 bridgehead atoms.